The van der Waals surface area contributed by atoms with E-state index in [-0.39, 0.29) is 11.9 Å². The number of carbonyl (C=O) groups excluding carboxylic acids is 1. The van der Waals surface area contributed by atoms with Gasteiger partial charge in [0.15, 0.2) is 0 Å². The first-order valence-electron chi connectivity index (χ1n) is 7.09. The molecule has 2 rings (SSSR count). The molecule has 3 N–H and O–H groups in total. The highest BCUT2D eigenvalue weighted by Gasteiger charge is 2.46. The Hall–Kier alpha value is -1.35. The number of amides is 1. The van der Waals surface area contributed by atoms with Gasteiger partial charge in [-0.3, -0.25) is 4.79 Å². The van der Waals surface area contributed by atoms with Gasteiger partial charge in [0.25, 0.3) is 0 Å². The zero-order valence-electron chi connectivity index (χ0n) is 12.1. The van der Waals surface area contributed by atoms with E-state index in [1.54, 1.807) is 0 Å². The summed E-state index contributed by atoms with van der Waals surface area (Å²) in [4.78, 5) is 11.9. The Balaban J connectivity index is 1.95. The molecule has 19 heavy (non-hydrogen) atoms. The third-order valence-corrected chi connectivity index (χ3v) is 3.71. The molecule has 1 atom stereocenters. The van der Waals surface area contributed by atoms with Gasteiger partial charge in [-0.1, -0.05) is 38.1 Å². The monoisotopic (exact) mass is 260 g/mol. The van der Waals surface area contributed by atoms with Gasteiger partial charge < -0.3 is 11.1 Å². The van der Waals surface area contributed by atoms with Gasteiger partial charge in [0, 0.05) is 0 Å². The number of nitrogens with two attached hydrogens (primary N) is 1. The zero-order valence-corrected chi connectivity index (χ0v) is 12.1. The van der Waals surface area contributed by atoms with E-state index in [2.05, 4.69) is 43.4 Å². The van der Waals surface area contributed by atoms with Crippen LogP contribution < -0.4 is 11.1 Å². The first kappa shape index (κ1) is 14.1. The van der Waals surface area contributed by atoms with Crippen LogP contribution in [0.3, 0.4) is 0 Å². The maximum absolute atomic E-state index is 11.9. The molecular formula is C16H24N2O. The molecule has 1 aliphatic carbocycles. The van der Waals surface area contributed by atoms with Crippen molar-refractivity contribution in [3.8, 4) is 0 Å². The van der Waals surface area contributed by atoms with E-state index >= 15 is 0 Å². The summed E-state index contributed by atoms with van der Waals surface area (Å²) in [6.07, 6.45) is 2.70. The second-order valence-electron chi connectivity index (χ2n) is 6.19. The average Bonchev–Trinajstić information content (AvgIpc) is 3.09. The van der Waals surface area contributed by atoms with Crippen LogP contribution >= 0.6 is 0 Å². The molecule has 0 bridgehead atoms. The number of nitrogens with one attached hydrogen (secondary N) is 1. The Morgan fingerprint density at radius 2 is 1.84 bits per heavy atom. The van der Waals surface area contributed by atoms with Crippen LogP contribution in [0.25, 0.3) is 0 Å². The lowest BCUT2D eigenvalue weighted by atomic mass is 10.00. The highest BCUT2D eigenvalue weighted by molar-refractivity contribution is 5.89. The Kier molecular flexibility index (Phi) is 3.95. The Labute approximate surface area is 115 Å². The Bertz CT molecular complexity index is 446. The summed E-state index contributed by atoms with van der Waals surface area (Å²) in [6.45, 7) is 6.43. The van der Waals surface area contributed by atoms with Crippen molar-refractivity contribution in [3.05, 3.63) is 35.4 Å². The molecule has 1 fully saturated rings. The van der Waals surface area contributed by atoms with E-state index < -0.39 is 5.54 Å². The molecule has 3 heteroatoms. The van der Waals surface area contributed by atoms with Crippen LogP contribution in [-0.2, 0) is 11.2 Å². The smallest absolute Gasteiger partial charge is 0.240 e. The minimum absolute atomic E-state index is 0.0154. The molecule has 0 spiro atoms. The molecule has 1 amide bonds. The van der Waals surface area contributed by atoms with Crippen LogP contribution in [0, 0.1) is 5.92 Å². The highest BCUT2D eigenvalue weighted by atomic mass is 16.2. The molecule has 0 heterocycles. The topological polar surface area (TPSA) is 55.1 Å². The van der Waals surface area contributed by atoms with Gasteiger partial charge >= 0.3 is 0 Å². The lowest BCUT2D eigenvalue weighted by Crippen LogP contribution is -2.43. The quantitative estimate of drug-likeness (QED) is 0.855. The molecule has 1 aliphatic rings. The van der Waals surface area contributed by atoms with Crippen LogP contribution in [0.1, 0.15) is 50.8 Å². The van der Waals surface area contributed by atoms with Gasteiger partial charge in [-0.05, 0) is 43.2 Å². The molecule has 1 unspecified atom stereocenters. The van der Waals surface area contributed by atoms with Crippen LogP contribution in [0.2, 0.25) is 0 Å². The van der Waals surface area contributed by atoms with Crippen LogP contribution in [-0.4, -0.2) is 11.4 Å². The molecule has 0 saturated heterocycles. The molecule has 0 aliphatic heterocycles. The van der Waals surface area contributed by atoms with Crippen molar-refractivity contribution in [3.63, 3.8) is 0 Å². The van der Waals surface area contributed by atoms with E-state index in [9.17, 15) is 4.79 Å². The summed E-state index contributed by atoms with van der Waals surface area (Å²) >= 11 is 0. The summed E-state index contributed by atoms with van der Waals surface area (Å²) in [7, 11) is 0. The van der Waals surface area contributed by atoms with Crippen molar-refractivity contribution in [2.75, 3.05) is 0 Å². The molecule has 1 aromatic carbocycles. The summed E-state index contributed by atoms with van der Waals surface area (Å²) in [6, 6.07) is 8.50. The van der Waals surface area contributed by atoms with E-state index in [0.717, 1.165) is 24.8 Å². The molecule has 3 nitrogen and oxygen atoms in total. The van der Waals surface area contributed by atoms with Crippen molar-refractivity contribution in [1.82, 2.24) is 5.32 Å². The van der Waals surface area contributed by atoms with E-state index in [4.69, 9.17) is 5.73 Å². The second-order valence-corrected chi connectivity index (χ2v) is 6.19. The number of rotatable bonds is 5. The fourth-order valence-corrected chi connectivity index (χ4v) is 2.20. The minimum Gasteiger partial charge on any atom is -0.348 e. The molecule has 1 aromatic rings. The van der Waals surface area contributed by atoms with Gasteiger partial charge in [0.1, 0.15) is 0 Å². The molecular weight excluding hydrogens is 236 g/mol. The number of hydrogen-bond acceptors (Lipinski definition) is 2. The van der Waals surface area contributed by atoms with Gasteiger partial charge in [-0.15, -0.1) is 0 Å². The van der Waals surface area contributed by atoms with Gasteiger partial charge in [-0.25, -0.2) is 0 Å². The highest BCUT2D eigenvalue weighted by Crippen LogP contribution is 2.32. The second kappa shape index (κ2) is 5.33. The standard InChI is InChI=1S/C16H24N2O/c1-11(2)10-13-4-6-14(7-5-13)12(3)18-15(19)16(17)8-9-16/h4-7,11-12H,8-10,17H2,1-3H3,(H,18,19). The molecule has 0 radical (unpaired) electrons. The van der Waals surface area contributed by atoms with Crippen molar-refractivity contribution < 1.29 is 4.79 Å². The summed E-state index contributed by atoms with van der Waals surface area (Å²) in [5, 5.41) is 2.99. The normalized spacial score (nSPS) is 18.2. The molecule has 104 valence electrons. The van der Waals surface area contributed by atoms with Crippen molar-refractivity contribution in [2.24, 2.45) is 11.7 Å². The Morgan fingerprint density at radius 3 is 2.32 bits per heavy atom. The fourth-order valence-electron chi connectivity index (χ4n) is 2.20. The third-order valence-electron chi connectivity index (χ3n) is 3.71. The van der Waals surface area contributed by atoms with E-state index in [1.807, 2.05) is 6.92 Å². The van der Waals surface area contributed by atoms with E-state index in [1.165, 1.54) is 5.56 Å². The van der Waals surface area contributed by atoms with Crippen molar-refractivity contribution in [2.45, 2.75) is 51.6 Å². The summed E-state index contributed by atoms with van der Waals surface area (Å²) < 4.78 is 0. The molecule has 1 saturated carbocycles. The minimum atomic E-state index is -0.591. The van der Waals surface area contributed by atoms with Gasteiger partial charge in [-0.2, -0.15) is 0 Å². The first-order valence-corrected chi connectivity index (χ1v) is 7.09. The first-order chi connectivity index (χ1) is 8.90. The number of benzene rings is 1. The lowest BCUT2D eigenvalue weighted by Gasteiger charge is -2.17. The van der Waals surface area contributed by atoms with E-state index in [0.29, 0.717) is 5.92 Å². The largest absolute Gasteiger partial charge is 0.348 e. The Morgan fingerprint density at radius 1 is 1.26 bits per heavy atom. The predicted molar refractivity (Wildman–Crippen MR) is 77.7 cm³/mol. The molecule has 0 aromatic heterocycles. The van der Waals surface area contributed by atoms with Crippen molar-refractivity contribution >= 4 is 5.91 Å². The maximum Gasteiger partial charge on any atom is 0.240 e. The third kappa shape index (κ3) is 3.57. The summed E-state index contributed by atoms with van der Waals surface area (Å²) in [5.41, 5.74) is 7.76. The van der Waals surface area contributed by atoms with Crippen LogP contribution in [0.15, 0.2) is 24.3 Å². The average molecular weight is 260 g/mol. The SMILES string of the molecule is CC(C)Cc1ccc(C(C)NC(=O)C2(N)CC2)cc1. The number of carbonyl (C=O) groups is 1. The fraction of sp³-hybridized carbons (Fsp3) is 0.562. The predicted octanol–water partition coefficient (Wildman–Crippen LogP) is 2.55. The lowest BCUT2D eigenvalue weighted by molar-refractivity contribution is -0.123. The summed E-state index contributed by atoms with van der Waals surface area (Å²) in [5.74, 6) is 0.640. The number of hydrogen-bond donors (Lipinski definition) is 2. The zero-order chi connectivity index (χ0) is 14.0. The van der Waals surface area contributed by atoms with Gasteiger partial charge in [0.2, 0.25) is 5.91 Å². The maximum atomic E-state index is 11.9. The van der Waals surface area contributed by atoms with Crippen LogP contribution in [0.4, 0.5) is 0 Å². The van der Waals surface area contributed by atoms with Crippen LogP contribution in [0.5, 0.6) is 0 Å². The van der Waals surface area contributed by atoms with Gasteiger partial charge in [0.05, 0.1) is 11.6 Å². The van der Waals surface area contributed by atoms with Crippen molar-refractivity contribution in [1.29, 1.82) is 0 Å².